The fourth-order valence-electron chi connectivity index (χ4n) is 1.77. The van der Waals surface area contributed by atoms with Crippen molar-refractivity contribution in [2.75, 3.05) is 18.2 Å². The van der Waals surface area contributed by atoms with Gasteiger partial charge >= 0.3 is 0 Å². The van der Waals surface area contributed by atoms with Crippen LogP contribution < -0.4 is 4.90 Å². The number of thioether (sulfide) groups is 1. The topological polar surface area (TPSA) is 3.24 Å². The van der Waals surface area contributed by atoms with Gasteiger partial charge in [0.2, 0.25) is 0 Å². The van der Waals surface area contributed by atoms with E-state index in [2.05, 4.69) is 65.1 Å². The maximum Gasteiger partial charge on any atom is 0.0965 e. The van der Waals surface area contributed by atoms with Crippen molar-refractivity contribution in [1.82, 2.24) is 0 Å². The van der Waals surface area contributed by atoms with Crippen molar-refractivity contribution in [3.63, 3.8) is 0 Å². The largest absolute Gasteiger partial charge is 0.361 e. The summed E-state index contributed by atoms with van der Waals surface area (Å²) in [4.78, 5) is 2.36. The van der Waals surface area contributed by atoms with Gasteiger partial charge in [-0.05, 0) is 17.9 Å². The number of para-hydroxylation sites is 1. The Hall–Kier alpha value is 0.1000. The van der Waals surface area contributed by atoms with Crippen LogP contribution in [0.25, 0.3) is 0 Å². The third-order valence-electron chi connectivity index (χ3n) is 2.50. The zero-order chi connectivity index (χ0) is 9.42. The molecule has 2 rings (SSSR count). The number of alkyl halides is 1. The fraction of sp³-hybridized carbons (Fsp3) is 0.400. The van der Waals surface area contributed by atoms with Crippen molar-refractivity contribution in [2.24, 2.45) is 0 Å². The number of anilines is 1. The summed E-state index contributed by atoms with van der Waals surface area (Å²) in [6.45, 7) is 0. The highest BCUT2D eigenvalue weighted by molar-refractivity contribution is 14.1. The second-order valence-electron chi connectivity index (χ2n) is 3.20. The molecule has 1 aromatic carbocycles. The summed E-state index contributed by atoms with van der Waals surface area (Å²) in [6.07, 6.45) is 2.19. The quantitative estimate of drug-likeness (QED) is 0.445. The Balaban J connectivity index is 2.47. The molecule has 0 N–H and O–H groups in total. The summed E-state index contributed by atoms with van der Waals surface area (Å²) in [5.41, 5.74) is 2.87. The van der Waals surface area contributed by atoms with Gasteiger partial charge in [-0.25, -0.2) is 0 Å². The smallest absolute Gasteiger partial charge is 0.0965 e. The molecule has 3 heteroatoms. The fourth-order valence-corrected chi connectivity index (χ4v) is 4.20. The monoisotopic (exact) mass is 305 g/mol. The lowest BCUT2D eigenvalue weighted by Gasteiger charge is -2.19. The molecule has 2 unspecified atom stereocenters. The molecule has 0 aromatic heterocycles. The molecule has 1 aliphatic heterocycles. The first kappa shape index (κ1) is 9.65. The molecule has 0 spiro atoms. The highest BCUT2D eigenvalue weighted by atomic mass is 127. The van der Waals surface area contributed by atoms with Gasteiger partial charge in [0, 0.05) is 12.7 Å². The molecule has 0 radical (unpaired) electrons. The maximum atomic E-state index is 2.52. The maximum absolute atomic E-state index is 2.52. The van der Waals surface area contributed by atoms with Gasteiger partial charge in [-0.1, -0.05) is 40.8 Å². The number of benzene rings is 1. The predicted octanol–water partition coefficient (Wildman–Crippen LogP) is 3.30. The highest BCUT2D eigenvalue weighted by Crippen LogP contribution is 2.47. The van der Waals surface area contributed by atoms with Crippen LogP contribution in [0.3, 0.4) is 0 Å². The number of likely N-dealkylation sites (N-methyl/N-ethyl adjacent to an activating group) is 1. The summed E-state index contributed by atoms with van der Waals surface area (Å²) < 4.78 is 0.588. The molecule has 0 aliphatic carbocycles. The minimum atomic E-state index is 0.588. The molecule has 0 saturated heterocycles. The van der Waals surface area contributed by atoms with Crippen LogP contribution in [-0.4, -0.2) is 17.4 Å². The molecule has 2 atom stereocenters. The predicted molar refractivity (Wildman–Crippen MR) is 68.9 cm³/mol. The van der Waals surface area contributed by atoms with Crippen LogP contribution in [0.5, 0.6) is 0 Å². The van der Waals surface area contributed by atoms with E-state index in [9.17, 15) is 0 Å². The van der Waals surface area contributed by atoms with E-state index in [1.807, 2.05) is 11.8 Å². The van der Waals surface area contributed by atoms with Gasteiger partial charge in [-0.2, -0.15) is 11.8 Å². The van der Waals surface area contributed by atoms with E-state index in [1.165, 1.54) is 11.3 Å². The van der Waals surface area contributed by atoms with Crippen LogP contribution in [0.4, 0.5) is 5.69 Å². The molecule has 0 bridgehead atoms. The Morgan fingerprint density at radius 1 is 1.38 bits per heavy atom. The molecule has 0 amide bonds. The lowest BCUT2D eigenvalue weighted by atomic mass is 10.2. The van der Waals surface area contributed by atoms with E-state index in [4.69, 9.17) is 0 Å². The Kier molecular flexibility index (Phi) is 2.74. The van der Waals surface area contributed by atoms with Crippen molar-refractivity contribution < 1.29 is 0 Å². The van der Waals surface area contributed by atoms with Crippen molar-refractivity contribution in [3.8, 4) is 0 Å². The van der Waals surface area contributed by atoms with Gasteiger partial charge < -0.3 is 4.90 Å². The second kappa shape index (κ2) is 3.69. The molecular weight excluding hydrogens is 293 g/mol. The second-order valence-corrected chi connectivity index (χ2v) is 5.45. The average Bonchev–Trinajstić information content (AvgIpc) is 2.41. The highest BCUT2D eigenvalue weighted by Gasteiger charge is 2.33. The molecule has 1 nitrogen and oxygen atoms in total. The van der Waals surface area contributed by atoms with Gasteiger partial charge in [0.1, 0.15) is 0 Å². The minimum absolute atomic E-state index is 0.588. The number of fused-ring (bicyclic) bond motifs is 1. The molecule has 0 saturated carbocycles. The molecule has 1 heterocycles. The Morgan fingerprint density at radius 3 is 2.77 bits per heavy atom. The van der Waals surface area contributed by atoms with Crippen LogP contribution in [0.15, 0.2) is 24.3 Å². The Morgan fingerprint density at radius 2 is 2.08 bits per heavy atom. The van der Waals surface area contributed by atoms with E-state index < -0.39 is 0 Å². The average molecular weight is 305 g/mol. The van der Waals surface area contributed by atoms with E-state index in [0.717, 1.165) is 0 Å². The van der Waals surface area contributed by atoms with Gasteiger partial charge in [0.15, 0.2) is 0 Å². The summed E-state index contributed by atoms with van der Waals surface area (Å²) >= 11 is 4.46. The van der Waals surface area contributed by atoms with Crippen molar-refractivity contribution in [3.05, 3.63) is 29.8 Å². The van der Waals surface area contributed by atoms with Crippen LogP contribution in [0.2, 0.25) is 0 Å². The van der Waals surface area contributed by atoms with Gasteiger partial charge in [-0.15, -0.1) is 0 Å². The van der Waals surface area contributed by atoms with Gasteiger partial charge in [0.25, 0.3) is 0 Å². The molecule has 13 heavy (non-hydrogen) atoms. The molecule has 70 valence electrons. The first-order valence-corrected chi connectivity index (χ1v) is 6.77. The SMILES string of the molecule is CSC1c2ccccc2N(C)C1I. The first-order chi connectivity index (χ1) is 6.25. The molecule has 0 fully saturated rings. The summed E-state index contributed by atoms with van der Waals surface area (Å²) in [6, 6.07) is 8.69. The van der Waals surface area contributed by atoms with Crippen molar-refractivity contribution in [2.45, 2.75) is 9.30 Å². The summed E-state index contributed by atoms with van der Waals surface area (Å²) in [7, 11) is 2.17. The van der Waals surface area contributed by atoms with E-state index in [1.54, 1.807) is 0 Å². The third-order valence-corrected chi connectivity index (χ3v) is 5.56. The molecule has 1 aliphatic rings. The minimum Gasteiger partial charge on any atom is -0.361 e. The van der Waals surface area contributed by atoms with E-state index in [0.29, 0.717) is 9.30 Å². The number of halogens is 1. The Bertz CT molecular complexity index is 316. The zero-order valence-corrected chi connectivity index (χ0v) is 10.7. The molecular formula is C10H12INS. The van der Waals surface area contributed by atoms with Gasteiger partial charge in [-0.3, -0.25) is 0 Å². The van der Waals surface area contributed by atoms with Crippen molar-refractivity contribution in [1.29, 1.82) is 0 Å². The van der Waals surface area contributed by atoms with Crippen LogP contribution in [0, 0.1) is 0 Å². The van der Waals surface area contributed by atoms with Gasteiger partial charge in [0.05, 0.1) is 9.30 Å². The number of hydrogen-bond acceptors (Lipinski definition) is 2. The van der Waals surface area contributed by atoms with E-state index >= 15 is 0 Å². The number of rotatable bonds is 1. The van der Waals surface area contributed by atoms with Crippen LogP contribution >= 0.6 is 34.4 Å². The standard InChI is InChI=1S/C10H12INS/c1-12-8-6-4-3-5-7(8)9(13-2)10(12)11/h3-6,9-10H,1-2H3. The van der Waals surface area contributed by atoms with Crippen LogP contribution in [0.1, 0.15) is 10.8 Å². The van der Waals surface area contributed by atoms with Crippen molar-refractivity contribution >= 4 is 40.0 Å². The normalized spacial score (nSPS) is 26.2. The molecule has 1 aromatic rings. The zero-order valence-electron chi connectivity index (χ0n) is 7.70. The summed E-state index contributed by atoms with van der Waals surface area (Å²) in [5, 5.41) is 0.627. The van der Waals surface area contributed by atoms with Crippen LogP contribution in [-0.2, 0) is 0 Å². The van der Waals surface area contributed by atoms with E-state index in [-0.39, 0.29) is 0 Å². The number of hydrogen-bond donors (Lipinski definition) is 0. The number of nitrogens with zero attached hydrogens (tertiary/aromatic N) is 1. The first-order valence-electron chi connectivity index (χ1n) is 4.24. The Labute approximate surface area is 97.0 Å². The lowest BCUT2D eigenvalue weighted by molar-refractivity contribution is 0.907. The lowest BCUT2D eigenvalue weighted by Crippen LogP contribution is -2.22. The third kappa shape index (κ3) is 1.46. The summed E-state index contributed by atoms with van der Waals surface area (Å²) in [5.74, 6) is 0.